The maximum Gasteiger partial charge on any atom is 0.254 e. The predicted molar refractivity (Wildman–Crippen MR) is 97.1 cm³/mol. The van der Waals surface area contributed by atoms with Crippen molar-refractivity contribution in [2.45, 2.75) is 13.1 Å². The molecule has 0 aromatic heterocycles. The van der Waals surface area contributed by atoms with Gasteiger partial charge in [-0.15, -0.1) is 0 Å². The van der Waals surface area contributed by atoms with Crippen LogP contribution in [0.3, 0.4) is 0 Å². The number of nitriles is 1. The molecule has 1 aliphatic rings. The molecule has 2 aromatic rings. The fourth-order valence-electron chi connectivity index (χ4n) is 2.86. The average molecular weight is 348 g/mol. The van der Waals surface area contributed by atoms with Gasteiger partial charge in [0.05, 0.1) is 18.2 Å². The standard InChI is InChI=1S/C20H20N4O2/c21-11-16-2-1-3-17(10-16)13-22-12-15-4-6-18(7-5-15)20(26)24-9-8-23-19(25)14-24/h1-7,10,22H,8-9,12-14H2,(H,23,25). The van der Waals surface area contributed by atoms with Crippen molar-refractivity contribution in [2.24, 2.45) is 0 Å². The van der Waals surface area contributed by atoms with Crippen LogP contribution in [0, 0.1) is 11.3 Å². The fourth-order valence-corrected chi connectivity index (χ4v) is 2.86. The molecule has 0 spiro atoms. The number of nitrogens with zero attached hydrogens (tertiary/aromatic N) is 2. The van der Waals surface area contributed by atoms with Crippen molar-refractivity contribution in [1.82, 2.24) is 15.5 Å². The van der Waals surface area contributed by atoms with Gasteiger partial charge in [-0.2, -0.15) is 5.26 Å². The van der Waals surface area contributed by atoms with Gasteiger partial charge < -0.3 is 15.5 Å². The molecule has 0 aliphatic carbocycles. The molecule has 1 aliphatic heterocycles. The third-order valence-corrected chi connectivity index (χ3v) is 4.24. The molecule has 1 saturated heterocycles. The van der Waals surface area contributed by atoms with E-state index in [0.717, 1.165) is 11.1 Å². The Morgan fingerprint density at radius 3 is 2.65 bits per heavy atom. The summed E-state index contributed by atoms with van der Waals surface area (Å²) < 4.78 is 0. The minimum Gasteiger partial charge on any atom is -0.353 e. The predicted octanol–water partition coefficient (Wildman–Crippen LogP) is 1.42. The fraction of sp³-hybridized carbons (Fsp3) is 0.250. The molecular weight excluding hydrogens is 328 g/mol. The Balaban J connectivity index is 1.53. The second-order valence-electron chi connectivity index (χ2n) is 6.19. The first-order valence-electron chi connectivity index (χ1n) is 8.50. The molecule has 0 radical (unpaired) electrons. The van der Waals surface area contributed by atoms with E-state index in [2.05, 4.69) is 16.7 Å². The number of hydrogen-bond donors (Lipinski definition) is 2. The molecule has 0 saturated carbocycles. The maximum atomic E-state index is 12.4. The third kappa shape index (κ3) is 4.47. The highest BCUT2D eigenvalue weighted by atomic mass is 16.2. The van der Waals surface area contributed by atoms with E-state index in [0.29, 0.717) is 37.3 Å². The van der Waals surface area contributed by atoms with Crippen LogP contribution in [0.4, 0.5) is 0 Å². The Kier molecular flexibility index (Phi) is 5.62. The lowest BCUT2D eigenvalue weighted by molar-refractivity contribution is -0.123. The summed E-state index contributed by atoms with van der Waals surface area (Å²) in [5, 5.41) is 15.0. The van der Waals surface area contributed by atoms with Crippen molar-refractivity contribution < 1.29 is 9.59 Å². The first kappa shape index (κ1) is 17.6. The number of amides is 2. The summed E-state index contributed by atoms with van der Waals surface area (Å²) in [6, 6.07) is 17.0. The van der Waals surface area contributed by atoms with Crippen LogP contribution < -0.4 is 10.6 Å². The van der Waals surface area contributed by atoms with Crippen molar-refractivity contribution in [3.05, 3.63) is 70.8 Å². The van der Waals surface area contributed by atoms with Gasteiger partial charge in [-0.25, -0.2) is 0 Å². The Morgan fingerprint density at radius 1 is 1.15 bits per heavy atom. The monoisotopic (exact) mass is 348 g/mol. The molecule has 3 rings (SSSR count). The van der Waals surface area contributed by atoms with Crippen molar-refractivity contribution in [1.29, 1.82) is 5.26 Å². The first-order chi connectivity index (χ1) is 12.7. The summed E-state index contributed by atoms with van der Waals surface area (Å²) in [4.78, 5) is 25.4. The highest BCUT2D eigenvalue weighted by Crippen LogP contribution is 2.10. The van der Waals surface area contributed by atoms with Crippen LogP contribution in [0.15, 0.2) is 48.5 Å². The molecule has 0 atom stereocenters. The zero-order valence-electron chi connectivity index (χ0n) is 14.4. The van der Waals surface area contributed by atoms with E-state index in [1.54, 1.807) is 23.1 Å². The van der Waals surface area contributed by atoms with Crippen molar-refractivity contribution >= 4 is 11.8 Å². The molecule has 2 amide bonds. The van der Waals surface area contributed by atoms with Gasteiger partial charge in [-0.1, -0.05) is 24.3 Å². The Hall–Kier alpha value is -3.17. The highest BCUT2D eigenvalue weighted by Gasteiger charge is 2.21. The lowest BCUT2D eigenvalue weighted by Crippen LogP contribution is -2.49. The number of carbonyl (C=O) groups excluding carboxylic acids is 2. The summed E-state index contributed by atoms with van der Waals surface area (Å²) in [5.41, 5.74) is 3.36. The molecule has 2 aromatic carbocycles. The zero-order valence-corrected chi connectivity index (χ0v) is 14.4. The molecule has 2 N–H and O–H groups in total. The van der Waals surface area contributed by atoms with Gasteiger partial charge in [-0.05, 0) is 35.4 Å². The number of benzene rings is 2. The van der Waals surface area contributed by atoms with Gasteiger partial charge in [-0.3, -0.25) is 9.59 Å². The van der Waals surface area contributed by atoms with Gasteiger partial charge in [0, 0.05) is 31.7 Å². The summed E-state index contributed by atoms with van der Waals surface area (Å²) in [5.74, 6) is -0.237. The molecule has 6 nitrogen and oxygen atoms in total. The van der Waals surface area contributed by atoms with E-state index in [-0.39, 0.29) is 18.4 Å². The lowest BCUT2D eigenvalue weighted by Gasteiger charge is -2.26. The molecule has 1 heterocycles. The number of piperazine rings is 1. The summed E-state index contributed by atoms with van der Waals surface area (Å²) in [6.45, 7) is 2.48. The van der Waals surface area contributed by atoms with Crippen LogP contribution in [0.1, 0.15) is 27.0 Å². The maximum absolute atomic E-state index is 12.4. The van der Waals surface area contributed by atoms with E-state index < -0.39 is 0 Å². The summed E-state index contributed by atoms with van der Waals surface area (Å²) in [6.07, 6.45) is 0. The normalized spacial score (nSPS) is 13.8. The largest absolute Gasteiger partial charge is 0.353 e. The quantitative estimate of drug-likeness (QED) is 0.856. The zero-order chi connectivity index (χ0) is 18.4. The van der Waals surface area contributed by atoms with Crippen LogP contribution in [0.25, 0.3) is 0 Å². The first-order valence-corrected chi connectivity index (χ1v) is 8.50. The second kappa shape index (κ2) is 8.28. The van der Waals surface area contributed by atoms with Crippen LogP contribution in [0.5, 0.6) is 0 Å². The van der Waals surface area contributed by atoms with E-state index in [4.69, 9.17) is 5.26 Å². The van der Waals surface area contributed by atoms with E-state index >= 15 is 0 Å². The average Bonchev–Trinajstić information content (AvgIpc) is 2.68. The highest BCUT2D eigenvalue weighted by molar-refractivity contribution is 5.97. The SMILES string of the molecule is N#Cc1cccc(CNCc2ccc(C(=O)N3CCNC(=O)C3)cc2)c1. The second-order valence-corrected chi connectivity index (χ2v) is 6.19. The van der Waals surface area contributed by atoms with Crippen molar-refractivity contribution in [2.75, 3.05) is 19.6 Å². The van der Waals surface area contributed by atoms with Crippen LogP contribution in [0.2, 0.25) is 0 Å². The van der Waals surface area contributed by atoms with Crippen molar-refractivity contribution in [3.8, 4) is 6.07 Å². The molecule has 6 heteroatoms. The number of rotatable bonds is 5. The van der Waals surface area contributed by atoms with Gasteiger partial charge >= 0.3 is 0 Å². The molecule has 0 unspecified atom stereocenters. The van der Waals surface area contributed by atoms with Gasteiger partial charge in [0.25, 0.3) is 5.91 Å². The lowest BCUT2D eigenvalue weighted by atomic mass is 10.1. The topological polar surface area (TPSA) is 85.2 Å². The smallest absolute Gasteiger partial charge is 0.254 e. The van der Waals surface area contributed by atoms with Crippen LogP contribution in [-0.4, -0.2) is 36.3 Å². The van der Waals surface area contributed by atoms with Gasteiger partial charge in [0.15, 0.2) is 0 Å². The van der Waals surface area contributed by atoms with Gasteiger partial charge in [0.1, 0.15) is 0 Å². The van der Waals surface area contributed by atoms with Crippen LogP contribution >= 0.6 is 0 Å². The minimum absolute atomic E-state index is 0.115. The number of hydrogen-bond acceptors (Lipinski definition) is 4. The summed E-state index contributed by atoms with van der Waals surface area (Å²) in [7, 11) is 0. The molecule has 0 bridgehead atoms. The van der Waals surface area contributed by atoms with E-state index in [1.165, 1.54) is 0 Å². The van der Waals surface area contributed by atoms with Crippen LogP contribution in [-0.2, 0) is 17.9 Å². The third-order valence-electron chi connectivity index (χ3n) is 4.24. The van der Waals surface area contributed by atoms with E-state index in [1.807, 2.05) is 30.3 Å². The number of carbonyl (C=O) groups is 2. The Morgan fingerprint density at radius 2 is 1.92 bits per heavy atom. The van der Waals surface area contributed by atoms with Gasteiger partial charge in [0.2, 0.25) is 5.91 Å². The van der Waals surface area contributed by atoms with E-state index in [9.17, 15) is 9.59 Å². The number of nitrogens with one attached hydrogen (secondary N) is 2. The van der Waals surface area contributed by atoms with Crippen molar-refractivity contribution in [3.63, 3.8) is 0 Å². The molecule has 26 heavy (non-hydrogen) atoms. The molecular formula is C20H20N4O2. The Bertz CT molecular complexity index is 840. The summed E-state index contributed by atoms with van der Waals surface area (Å²) >= 11 is 0. The minimum atomic E-state index is -0.120. The molecule has 132 valence electrons. The Labute approximate surface area is 152 Å². The molecule has 1 fully saturated rings.